The van der Waals surface area contributed by atoms with Gasteiger partial charge < -0.3 is 9.84 Å². The lowest BCUT2D eigenvalue weighted by Gasteiger charge is -2.09. The summed E-state index contributed by atoms with van der Waals surface area (Å²) < 4.78 is 21.1. The van der Waals surface area contributed by atoms with E-state index in [1.54, 1.807) is 42.1 Å². The van der Waals surface area contributed by atoms with Gasteiger partial charge in [-0.25, -0.2) is 19.2 Å². The highest BCUT2D eigenvalue weighted by molar-refractivity contribution is 5.92. The first-order valence-electron chi connectivity index (χ1n) is 11.4. The first kappa shape index (κ1) is 23.1. The van der Waals surface area contributed by atoms with Gasteiger partial charge in [0.2, 0.25) is 0 Å². The van der Waals surface area contributed by atoms with Gasteiger partial charge in [-0.05, 0) is 30.7 Å². The van der Waals surface area contributed by atoms with Crippen molar-refractivity contribution in [3.8, 4) is 17.3 Å². The van der Waals surface area contributed by atoms with Crippen molar-refractivity contribution in [1.29, 1.82) is 0 Å². The zero-order chi connectivity index (χ0) is 25.1. The molecule has 0 atom stereocenters. The van der Waals surface area contributed by atoms with Crippen LogP contribution in [-0.2, 0) is 17.7 Å². The van der Waals surface area contributed by atoms with Crippen molar-refractivity contribution < 1.29 is 19.0 Å². The van der Waals surface area contributed by atoms with Crippen LogP contribution in [0.25, 0.3) is 22.4 Å². The molecule has 0 saturated heterocycles. The lowest BCUT2D eigenvalue weighted by Crippen LogP contribution is -2.10. The quantitative estimate of drug-likeness (QED) is 0.339. The van der Waals surface area contributed by atoms with E-state index in [0.29, 0.717) is 33.9 Å². The third-order valence-electron chi connectivity index (χ3n) is 5.76. The molecule has 0 aliphatic carbocycles. The molecule has 3 aromatic heterocycles. The van der Waals surface area contributed by atoms with Gasteiger partial charge >= 0.3 is 5.97 Å². The Kier molecular flexibility index (Phi) is 6.36. The van der Waals surface area contributed by atoms with E-state index < -0.39 is 5.97 Å². The van der Waals surface area contributed by atoms with Crippen LogP contribution in [-0.4, -0.2) is 42.4 Å². The zero-order valence-electron chi connectivity index (χ0n) is 19.4. The van der Waals surface area contributed by atoms with Crippen molar-refractivity contribution in [2.45, 2.75) is 19.9 Å². The molecule has 180 valence electrons. The van der Waals surface area contributed by atoms with Gasteiger partial charge in [-0.2, -0.15) is 5.10 Å². The number of benzene rings is 2. The number of pyridine rings is 1. The molecule has 0 amide bonds. The van der Waals surface area contributed by atoms with Crippen LogP contribution in [0.15, 0.2) is 73.2 Å². The van der Waals surface area contributed by atoms with Gasteiger partial charge in [-0.1, -0.05) is 36.4 Å². The van der Waals surface area contributed by atoms with Crippen LogP contribution in [0.1, 0.15) is 34.1 Å². The van der Waals surface area contributed by atoms with Crippen LogP contribution >= 0.6 is 0 Å². The monoisotopic (exact) mass is 483 g/mol. The Balaban J connectivity index is 1.54. The molecule has 5 rings (SSSR count). The number of nitrogens with zero attached hydrogens (tertiary/aromatic N) is 5. The minimum atomic E-state index is -0.493. The van der Waals surface area contributed by atoms with E-state index in [-0.39, 0.29) is 31.1 Å². The number of para-hydroxylation sites is 1. The Morgan fingerprint density at radius 3 is 2.69 bits per heavy atom. The van der Waals surface area contributed by atoms with E-state index in [1.807, 2.05) is 24.3 Å². The van der Waals surface area contributed by atoms with E-state index in [1.165, 1.54) is 18.5 Å². The van der Waals surface area contributed by atoms with Gasteiger partial charge in [0.15, 0.2) is 11.6 Å². The van der Waals surface area contributed by atoms with Gasteiger partial charge in [0.25, 0.3) is 0 Å². The minimum absolute atomic E-state index is 0.111. The Morgan fingerprint density at radius 2 is 1.86 bits per heavy atom. The number of hydrogen-bond acceptors (Lipinski definition) is 7. The summed E-state index contributed by atoms with van der Waals surface area (Å²) in [6.45, 7) is 2.20. The normalized spacial score (nSPS) is 11.1. The molecule has 3 heterocycles. The molecular formula is C27H22FN5O3. The maximum Gasteiger partial charge on any atom is 0.339 e. The van der Waals surface area contributed by atoms with Crippen molar-refractivity contribution >= 4 is 16.9 Å². The summed E-state index contributed by atoms with van der Waals surface area (Å²) in [6, 6.07) is 15.8. The highest BCUT2D eigenvalue weighted by Crippen LogP contribution is 2.29. The third-order valence-corrected chi connectivity index (χ3v) is 5.76. The lowest BCUT2D eigenvalue weighted by molar-refractivity contribution is 0.0524. The Hall–Kier alpha value is -4.66. The summed E-state index contributed by atoms with van der Waals surface area (Å²) in [4.78, 5) is 25.3. The van der Waals surface area contributed by atoms with Crippen molar-refractivity contribution in [2.75, 3.05) is 6.61 Å². The van der Waals surface area contributed by atoms with Crippen LogP contribution in [0.3, 0.4) is 0 Å². The SMILES string of the molecule is CCOC(=O)c1cnccc1Cc1nc(-c2nn(Cc3ccccc3F)c3ccccc23)ncc1O. The van der Waals surface area contributed by atoms with Gasteiger partial charge in [-0.3, -0.25) is 9.67 Å². The van der Waals surface area contributed by atoms with E-state index in [4.69, 9.17) is 9.84 Å². The molecular weight excluding hydrogens is 461 g/mol. The lowest BCUT2D eigenvalue weighted by atomic mass is 10.0. The second kappa shape index (κ2) is 9.91. The number of carbonyl (C=O) groups excluding carboxylic acids is 1. The fourth-order valence-corrected chi connectivity index (χ4v) is 4.01. The van der Waals surface area contributed by atoms with Gasteiger partial charge in [-0.15, -0.1) is 0 Å². The maximum atomic E-state index is 14.3. The van der Waals surface area contributed by atoms with Crippen molar-refractivity contribution in [1.82, 2.24) is 24.7 Å². The average molecular weight is 484 g/mol. The molecule has 2 aromatic carbocycles. The molecule has 8 nitrogen and oxygen atoms in total. The summed E-state index contributed by atoms with van der Waals surface area (Å²) >= 11 is 0. The first-order chi connectivity index (χ1) is 17.5. The number of rotatable bonds is 7. The third kappa shape index (κ3) is 4.50. The Labute approximate surface area is 206 Å². The molecule has 0 saturated carbocycles. The highest BCUT2D eigenvalue weighted by atomic mass is 19.1. The summed E-state index contributed by atoms with van der Waals surface area (Å²) in [5.41, 5.74) is 3.05. The molecule has 9 heteroatoms. The summed E-state index contributed by atoms with van der Waals surface area (Å²) in [5.74, 6) is -0.609. The average Bonchev–Trinajstić information content (AvgIpc) is 3.25. The van der Waals surface area contributed by atoms with Crippen molar-refractivity contribution in [3.63, 3.8) is 0 Å². The summed E-state index contributed by atoms with van der Waals surface area (Å²) in [6.07, 6.45) is 4.47. The first-order valence-corrected chi connectivity index (χ1v) is 11.4. The molecule has 1 N–H and O–H groups in total. The minimum Gasteiger partial charge on any atom is -0.504 e. The van der Waals surface area contributed by atoms with Gasteiger partial charge in [0, 0.05) is 29.8 Å². The molecule has 5 aromatic rings. The number of aromatic hydroxyl groups is 1. The molecule has 0 fully saturated rings. The number of fused-ring (bicyclic) bond motifs is 1. The fraction of sp³-hybridized carbons (Fsp3) is 0.148. The maximum absolute atomic E-state index is 14.3. The highest BCUT2D eigenvalue weighted by Gasteiger charge is 2.19. The molecule has 0 aliphatic rings. The zero-order valence-corrected chi connectivity index (χ0v) is 19.4. The fourth-order valence-electron chi connectivity index (χ4n) is 4.01. The number of hydrogen-bond donors (Lipinski definition) is 1. The predicted molar refractivity (Wildman–Crippen MR) is 131 cm³/mol. The summed E-state index contributed by atoms with van der Waals surface area (Å²) in [7, 11) is 0. The molecule has 0 bridgehead atoms. The Morgan fingerprint density at radius 1 is 1.06 bits per heavy atom. The Bertz CT molecular complexity index is 1570. The van der Waals surface area contributed by atoms with Crippen molar-refractivity contribution in [3.05, 3.63) is 101 Å². The van der Waals surface area contributed by atoms with Gasteiger partial charge in [0.05, 0.1) is 36.1 Å². The molecule has 36 heavy (non-hydrogen) atoms. The number of ether oxygens (including phenoxy) is 1. The largest absolute Gasteiger partial charge is 0.504 e. The van der Waals surface area contributed by atoms with Crippen LogP contribution in [0.4, 0.5) is 4.39 Å². The second-order valence-electron chi connectivity index (χ2n) is 8.07. The number of aromatic nitrogens is 5. The molecule has 0 unspecified atom stereocenters. The van der Waals surface area contributed by atoms with Crippen LogP contribution in [0.5, 0.6) is 5.75 Å². The van der Waals surface area contributed by atoms with E-state index in [2.05, 4.69) is 15.0 Å². The van der Waals surface area contributed by atoms with E-state index >= 15 is 0 Å². The predicted octanol–water partition coefficient (Wildman–Crippen LogP) is 4.55. The van der Waals surface area contributed by atoms with Crippen LogP contribution in [0, 0.1) is 5.82 Å². The second-order valence-corrected chi connectivity index (χ2v) is 8.07. The smallest absolute Gasteiger partial charge is 0.339 e. The van der Waals surface area contributed by atoms with Gasteiger partial charge in [0.1, 0.15) is 11.5 Å². The topological polar surface area (TPSA) is 103 Å². The standard InChI is InChI=1S/C27H22FN5O3/c1-2-36-27(35)20-14-29-12-11-17(20)13-22-24(34)15-30-26(31-22)25-19-8-4-6-10-23(19)33(32-25)16-18-7-3-5-9-21(18)28/h3-12,14-15,34H,2,13,16H2,1H3. The van der Waals surface area contributed by atoms with Crippen LogP contribution < -0.4 is 0 Å². The van der Waals surface area contributed by atoms with E-state index in [0.717, 1.165) is 10.9 Å². The van der Waals surface area contributed by atoms with Crippen molar-refractivity contribution in [2.24, 2.45) is 0 Å². The van der Waals surface area contributed by atoms with Crippen LogP contribution in [0.2, 0.25) is 0 Å². The molecule has 0 aliphatic heterocycles. The summed E-state index contributed by atoms with van der Waals surface area (Å²) in [5, 5.41) is 16.0. The van der Waals surface area contributed by atoms with E-state index in [9.17, 15) is 14.3 Å². The number of halogens is 1. The number of esters is 1. The number of carbonyl (C=O) groups is 1. The molecule has 0 radical (unpaired) electrons. The molecule has 0 spiro atoms.